The van der Waals surface area contributed by atoms with Crippen molar-refractivity contribution in [1.29, 1.82) is 0 Å². The van der Waals surface area contributed by atoms with E-state index in [0.29, 0.717) is 34.3 Å². The smallest absolute Gasteiger partial charge is 0.153 e. The van der Waals surface area contributed by atoms with Gasteiger partial charge in [-0.25, -0.2) is 0 Å². The predicted octanol–water partition coefficient (Wildman–Crippen LogP) is 2.81. The molecule has 1 atom stereocenters. The summed E-state index contributed by atoms with van der Waals surface area (Å²) in [5.41, 5.74) is 0.308. The summed E-state index contributed by atoms with van der Waals surface area (Å²) in [5.74, 6) is 0.285. The number of ether oxygens (including phenoxy) is 1. The quantitative estimate of drug-likeness (QED) is 0.831. The van der Waals surface area contributed by atoms with E-state index in [-0.39, 0.29) is 12.5 Å². The number of aliphatic hydroxyl groups excluding tert-OH is 1. The zero-order valence-corrected chi connectivity index (χ0v) is 10.3. The maximum atomic E-state index is 10.8. The molecule has 1 N–H and O–H groups in total. The molecule has 0 saturated carbocycles. The summed E-state index contributed by atoms with van der Waals surface area (Å²) < 4.78 is 5.38. The number of benzene rings is 1. The number of rotatable bonds is 5. The summed E-state index contributed by atoms with van der Waals surface area (Å²) in [6.07, 6.45) is 0.636. The average molecular weight is 263 g/mol. The van der Waals surface area contributed by atoms with Gasteiger partial charge in [0, 0.05) is 17.5 Å². The van der Waals surface area contributed by atoms with Crippen LogP contribution < -0.4 is 4.74 Å². The van der Waals surface area contributed by atoms with E-state index in [4.69, 9.17) is 33.0 Å². The number of carbonyl (C=O) groups is 1. The zero-order chi connectivity index (χ0) is 12.1. The van der Waals surface area contributed by atoms with Gasteiger partial charge in [0.25, 0.3) is 0 Å². The molecule has 1 aromatic carbocycles. The molecule has 3 nitrogen and oxygen atoms in total. The molecule has 0 aromatic heterocycles. The maximum absolute atomic E-state index is 10.8. The highest BCUT2D eigenvalue weighted by atomic mass is 35.5. The Morgan fingerprint density at radius 1 is 1.50 bits per heavy atom. The molecule has 0 fully saturated rings. The van der Waals surface area contributed by atoms with Crippen LogP contribution >= 0.6 is 23.2 Å². The van der Waals surface area contributed by atoms with Gasteiger partial charge in [-0.05, 0) is 12.1 Å². The molecule has 1 unspecified atom stereocenters. The van der Waals surface area contributed by atoms with Gasteiger partial charge in [0.2, 0.25) is 0 Å². The van der Waals surface area contributed by atoms with Gasteiger partial charge in [-0.15, -0.1) is 0 Å². The Hall–Kier alpha value is -0.770. The molecule has 0 bridgehead atoms. The van der Waals surface area contributed by atoms with Crippen LogP contribution in [0, 0.1) is 5.92 Å². The minimum atomic E-state index is -0.0220. The zero-order valence-electron chi connectivity index (χ0n) is 8.74. The van der Waals surface area contributed by atoms with E-state index < -0.39 is 0 Å². The highest BCUT2D eigenvalue weighted by Crippen LogP contribution is 2.31. The molecule has 16 heavy (non-hydrogen) atoms. The fourth-order valence-electron chi connectivity index (χ4n) is 1.10. The normalized spacial score (nSPS) is 12.2. The third-order valence-electron chi connectivity index (χ3n) is 1.99. The minimum Gasteiger partial charge on any atom is -0.491 e. The number of carbonyl (C=O) groups excluding carboxylic acids is 1. The summed E-state index contributed by atoms with van der Waals surface area (Å²) in [4.78, 5) is 10.8. The Morgan fingerprint density at radius 2 is 2.19 bits per heavy atom. The molecule has 0 heterocycles. The fourth-order valence-corrected chi connectivity index (χ4v) is 1.66. The lowest BCUT2D eigenvalue weighted by Crippen LogP contribution is -2.13. The number of aliphatic hydroxyl groups is 1. The Kier molecular flexibility index (Phi) is 5.06. The molecule has 5 heteroatoms. The second-order valence-corrected chi connectivity index (χ2v) is 4.37. The molecule has 0 aliphatic carbocycles. The number of hydrogen-bond acceptors (Lipinski definition) is 3. The van der Waals surface area contributed by atoms with Crippen LogP contribution in [0.2, 0.25) is 10.0 Å². The molecule has 0 aliphatic rings. The third kappa shape index (κ3) is 3.37. The predicted molar refractivity (Wildman–Crippen MR) is 63.6 cm³/mol. The van der Waals surface area contributed by atoms with Crippen molar-refractivity contribution in [2.24, 2.45) is 5.92 Å². The van der Waals surface area contributed by atoms with Gasteiger partial charge in [-0.3, -0.25) is 4.79 Å². The first-order chi connectivity index (χ1) is 7.58. The van der Waals surface area contributed by atoms with Crippen molar-refractivity contribution < 1.29 is 14.6 Å². The van der Waals surface area contributed by atoms with Gasteiger partial charge in [-0.2, -0.15) is 0 Å². The molecule has 1 rings (SSSR count). The van der Waals surface area contributed by atoms with Crippen molar-refractivity contribution >= 4 is 29.5 Å². The molecule has 1 aromatic rings. The lowest BCUT2D eigenvalue weighted by atomic mass is 10.2. The molecular weight excluding hydrogens is 251 g/mol. The Morgan fingerprint density at radius 3 is 2.75 bits per heavy atom. The van der Waals surface area contributed by atoms with Crippen LogP contribution in [0.1, 0.15) is 17.3 Å². The first-order valence-electron chi connectivity index (χ1n) is 4.76. The maximum Gasteiger partial charge on any atom is 0.153 e. The lowest BCUT2D eigenvalue weighted by Gasteiger charge is -2.13. The topological polar surface area (TPSA) is 46.5 Å². The van der Waals surface area contributed by atoms with Gasteiger partial charge in [0.15, 0.2) is 6.29 Å². The van der Waals surface area contributed by atoms with Gasteiger partial charge < -0.3 is 9.84 Å². The van der Waals surface area contributed by atoms with E-state index in [1.54, 1.807) is 0 Å². The van der Waals surface area contributed by atoms with Crippen LogP contribution in [0.15, 0.2) is 12.1 Å². The van der Waals surface area contributed by atoms with E-state index >= 15 is 0 Å². The average Bonchev–Trinajstić information content (AvgIpc) is 2.26. The van der Waals surface area contributed by atoms with E-state index in [1.807, 2.05) is 6.92 Å². The van der Waals surface area contributed by atoms with Crippen molar-refractivity contribution in [2.45, 2.75) is 6.92 Å². The molecule has 0 radical (unpaired) electrons. The van der Waals surface area contributed by atoms with E-state index in [1.165, 1.54) is 12.1 Å². The molecule has 0 spiro atoms. The second kappa shape index (κ2) is 6.09. The standard InChI is InChI=1S/C11H12Cl2O3/c1-7(4-14)6-16-11-8(5-15)2-9(12)3-10(11)13/h2-3,5,7,14H,4,6H2,1H3. The molecular formula is C11H12Cl2O3. The van der Waals surface area contributed by atoms with Crippen molar-refractivity contribution in [3.8, 4) is 5.75 Å². The molecule has 0 aliphatic heterocycles. The molecule has 88 valence electrons. The Labute approximate surface area is 104 Å². The highest BCUT2D eigenvalue weighted by molar-refractivity contribution is 6.36. The first-order valence-corrected chi connectivity index (χ1v) is 5.52. The van der Waals surface area contributed by atoms with E-state index in [9.17, 15) is 4.79 Å². The third-order valence-corrected chi connectivity index (χ3v) is 2.49. The van der Waals surface area contributed by atoms with E-state index in [0.717, 1.165) is 0 Å². The summed E-state index contributed by atoms with van der Waals surface area (Å²) in [5, 5.41) is 9.52. The van der Waals surface area contributed by atoms with Gasteiger partial charge in [0.05, 0.1) is 17.2 Å². The van der Waals surface area contributed by atoms with Crippen LogP contribution in [0.3, 0.4) is 0 Å². The summed E-state index contributed by atoms with van der Waals surface area (Å²) >= 11 is 11.7. The largest absolute Gasteiger partial charge is 0.491 e. The van der Waals surface area contributed by atoms with Crippen LogP contribution in [0.25, 0.3) is 0 Å². The van der Waals surface area contributed by atoms with Crippen LogP contribution in [-0.4, -0.2) is 24.6 Å². The molecule has 0 amide bonds. The number of halogens is 2. The van der Waals surface area contributed by atoms with Gasteiger partial charge in [0.1, 0.15) is 5.75 Å². The van der Waals surface area contributed by atoms with Crippen molar-refractivity contribution in [3.05, 3.63) is 27.7 Å². The summed E-state index contributed by atoms with van der Waals surface area (Å²) in [6.45, 7) is 2.13. The SMILES string of the molecule is CC(CO)COc1c(Cl)cc(Cl)cc1C=O. The van der Waals surface area contributed by atoms with Crippen molar-refractivity contribution in [1.82, 2.24) is 0 Å². The second-order valence-electron chi connectivity index (χ2n) is 3.52. The van der Waals surface area contributed by atoms with Crippen LogP contribution in [0.4, 0.5) is 0 Å². The van der Waals surface area contributed by atoms with Gasteiger partial charge >= 0.3 is 0 Å². The Balaban J connectivity index is 2.89. The van der Waals surface area contributed by atoms with E-state index in [2.05, 4.69) is 0 Å². The minimum absolute atomic E-state index is 0.0155. The fraction of sp³-hybridized carbons (Fsp3) is 0.364. The number of hydrogen-bond donors (Lipinski definition) is 1. The highest BCUT2D eigenvalue weighted by Gasteiger charge is 2.11. The van der Waals surface area contributed by atoms with Crippen molar-refractivity contribution in [2.75, 3.05) is 13.2 Å². The lowest BCUT2D eigenvalue weighted by molar-refractivity contribution is 0.111. The van der Waals surface area contributed by atoms with Gasteiger partial charge in [-0.1, -0.05) is 30.1 Å². The monoisotopic (exact) mass is 262 g/mol. The van der Waals surface area contributed by atoms with Crippen LogP contribution in [0.5, 0.6) is 5.75 Å². The summed E-state index contributed by atoms with van der Waals surface area (Å²) in [6, 6.07) is 2.99. The van der Waals surface area contributed by atoms with Crippen LogP contribution in [-0.2, 0) is 0 Å². The first kappa shape index (κ1) is 13.3. The number of aldehydes is 1. The molecule has 0 saturated heterocycles. The summed E-state index contributed by atoms with van der Waals surface area (Å²) in [7, 11) is 0. The Bertz CT molecular complexity index is 380. The van der Waals surface area contributed by atoms with Crippen molar-refractivity contribution in [3.63, 3.8) is 0 Å².